The number of hydrogen-bond donors (Lipinski definition) is 1. The molecule has 1 aromatic heterocycles. The third kappa shape index (κ3) is 28.0. The second-order valence-electron chi connectivity index (χ2n) is 4.48. The van der Waals surface area contributed by atoms with Crippen LogP contribution in [0.2, 0.25) is 0 Å². The Hall–Kier alpha value is -0.201. The molecule has 0 aliphatic rings. The summed E-state index contributed by atoms with van der Waals surface area (Å²) in [5.74, 6) is 0. The van der Waals surface area contributed by atoms with Crippen molar-refractivity contribution in [3.63, 3.8) is 0 Å². The van der Waals surface area contributed by atoms with Gasteiger partial charge in [0.2, 0.25) is 0 Å². The number of rotatable bonds is 3. The summed E-state index contributed by atoms with van der Waals surface area (Å²) in [5, 5.41) is 5.21. The summed E-state index contributed by atoms with van der Waals surface area (Å²) in [7, 11) is 0. The second-order valence-corrected chi connectivity index (χ2v) is 4.48. The third-order valence-electron chi connectivity index (χ3n) is 2.33. The van der Waals surface area contributed by atoms with Crippen LogP contribution in [0.1, 0.15) is 85.6 Å². The van der Waals surface area contributed by atoms with Crippen LogP contribution in [0.5, 0.6) is 0 Å². The average Bonchev–Trinajstić information content (AvgIpc) is 3.02. The molecule has 1 aromatic rings. The van der Waals surface area contributed by atoms with Crippen LogP contribution in [-0.2, 0) is 6.18 Å². The average molecular weight is 431 g/mol. The predicted octanol–water partition coefficient (Wildman–Crippen LogP) is 5.93. The fourth-order valence-electron chi connectivity index (χ4n) is 0.406. The van der Waals surface area contributed by atoms with Gasteiger partial charge in [0, 0.05) is 6.20 Å². The molecular weight excluding hydrogens is 396 g/mol. The van der Waals surface area contributed by atoms with Gasteiger partial charge in [0.1, 0.15) is 0 Å². The van der Waals surface area contributed by atoms with Crippen LogP contribution < -0.4 is 0 Å². The van der Waals surface area contributed by atoms with Crippen LogP contribution in [0.25, 0.3) is 0 Å². The second kappa shape index (κ2) is 23.1. The summed E-state index contributed by atoms with van der Waals surface area (Å²) in [6.07, 6.45) is 5.19. The number of H-pyrrole nitrogens is 1. The number of nitrogens with zero attached hydrogens (tertiary/aromatic N) is 1. The van der Waals surface area contributed by atoms with Gasteiger partial charge in [-0.3, -0.25) is 5.10 Å². The van der Waals surface area contributed by atoms with E-state index in [4.69, 9.17) is 0 Å². The summed E-state index contributed by atoms with van der Waals surface area (Å²) >= 11 is 0. The molecule has 0 aliphatic heterocycles. The Morgan fingerprint density at radius 1 is 0.818 bits per heavy atom. The van der Waals surface area contributed by atoms with Gasteiger partial charge >= 0.3 is 30.1 Å². The summed E-state index contributed by atoms with van der Waals surface area (Å²) in [4.78, 5) is 0. The number of hydrogen-bond acceptors (Lipinski definition) is 1. The molecule has 2 nitrogen and oxygen atoms in total. The molecular formula is C16H35F3N2Sn. The number of nitrogens with one attached hydrogen (secondary N) is 1. The van der Waals surface area contributed by atoms with E-state index in [0.29, 0.717) is 0 Å². The monoisotopic (exact) mass is 432 g/mol. The fraction of sp³-hybridized carbons (Fsp3) is 0.812. The molecule has 0 atom stereocenters. The van der Waals surface area contributed by atoms with E-state index in [9.17, 15) is 13.2 Å². The van der Waals surface area contributed by atoms with E-state index in [1.54, 1.807) is 0 Å². The van der Waals surface area contributed by atoms with Crippen molar-refractivity contribution in [3.8, 4) is 0 Å². The summed E-state index contributed by atoms with van der Waals surface area (Å²) in [5.41, 5.74) is -0.748. The molecule has 6 heteroatoms. The van der Waals surface area contributed by atoms with E-state index in [1.165, 1.54) is 38.5 Å². The molecule has 22 heavy (non-hydrogen) atoms. The van der Waals surface area contributed by atoms with Gasteiger partial charge in [-0.15, -0.1) is 0 Å². The molecule has 0 saturated heterocycles. The van der Waals surface area contributed by atoms with Gasteiger partial charge in [0.05, 0.1) is 11.8 Å². The molecule has 0 aromatic carbocycles. The van der Waals surface area contributed by atoms with Gasteiger partial charge in [-0.05, 0) is 0 Å². The zero-order chi connectivity index (χ0) is 17.1. The van der Waals surface area contributed by atoms with Gasteiger partial charge in [-0.1, -0.05) is 80.1 Å². The van der Waals surface area contributed by atoms with Crippen LogP contribution in [-0.4, -0.2) is 34.1 Å². The molecule has 0 amide bonds. The number of alkyl halides is 3. The molecule has 1 N–H and O–H groups in total. The summed E-state index contributed by atoms with van der Waals surface area (Å²) in [6, 6.07) is 0. The van der Waals surface area contributed by atoms with Crippen LogP contribution in [0.3, 0.4) is 0 Å². The Morgan fingerprint density at radius 3 is 1.23 bits per heavy atom. The van der Waals surface area contributed by atoms with Crippen molar-refractivity contribution in [1.29, 1.82) is 0 Å². The van der Waals surface area contributed by atoms with Gasteiger partial charge in [-0.2, -0.15) is 18.3 Å². The van der Waals surface area contributed by atoms with Crippen molar-refractivity contribution in [2.45, 2.75) is 86.2 Å². The van der Waals surface area contributed by atoms with Crippen molar-refractivity contribution in [2.75, 3.05) is 0 Å². The van der Waals surface area contributed by atoms with Crippen LogP contribution in [0.15, 0.2) is 12.4 Å². The molecule has 0 fully saturated rings. The van der Waals surface area contributed by atoms with E-state index in [2.05, 4.69) is 51.7 Å². The number of aromatic amines is 1. The number of aromatic nitrogens is 2. The van der Waals surface area contributed by atoms with Crippen molar-refractivity contribution < 1.29 is 13.2 Å². The van der Waals surface area contributed by atoms with E-state index in [0.717, 1.165) is 12.4 Å². The Kier molecular flexibility index (Phi) is 31.2. The van der Waals surface area contributed by atoms with E-state index in [1.807, 2.05) is 0 Å². The van der Waals surface area contributed by atoms with Gasteiger partial charge in [0.15, 0.2) is 0 Å². The zero-order valence-corrected chi connectivity index (χ0v) is 19.2. The molecule has 1 rings (SSSR count). The summed E-state index contributed by atoms with van der Waals surface area (Å²) < 4.78 is 34.7. The Labute approximate surface area is 151 Å². The van der Waals surface area contributed by atoms with E-state index in [-0.39, 0.29) is 23.9 Å². The van der Waals surface area contributed by atoms with Gasteiger partial charge < -0.3 is 0 Å². The SMILES string of the molecule is CCCC.CCCC.CCCC.FC(F)(F)c1cn[nH]c1.[SnH2]. The Balaban J connectivity index is -0.000000107. The molecule has 0 unspecified atom stereocenters. The van der Waals surface area contributed by atoms with E-state index < -0.39 is 11.7 Å². The Bertz CT molecular complexity index is 247. The molecule has 0 saturated carbocycles. The topological polar surface area (TPSA) is 28.7 Å². The van der Waals surface area contributed by atoms with Crippen molar-refractivity contribution in [1.82, 2.24) is 10.2 Å². The minimum absolute atomic E-state index is 0. The van der Waals surface area contributed by atoms with Crippen LogP contribution in [0, 0.1) is 0 Å². The first-order valence-electron chi connectivity index (χ1n) is 7.91. The number of halogens is 3. The van der Waals surface area contributed by atoms with Crippen molar-refractivity contribution >= 4 is 23.9 Å². The predicted molar refractivity (Wildman–Crippen MR) is 93.9 cm³/mol. The zero-order valence-electron chi connectivity index (χ0n) is 15.2. The Morgan fingerprint density at radius 2 is 1.14 bits per heavy atom. The normalized spacial score (nSPS) is 8.95. The number of unbranched alkanes of at least 4 members (excludes halogenated alkanes) is 3. The van der Waals surface area contributed by atoms with Gasteiger partial charge in [-0.25, -0.2) is 0 Å². The first kappa shape index (κ1) is 29.8. The molecule has 2 radical (unpaired) electrons. The molecule has 1 heterocycles. The van der Waals surface area contributed by atoms with Crippen molar-refractivity contribution in [3.05, 3.63) is 18.0 Å². The van der Waals surface area contributed by atoms with Gasteiger partial charge in [0.25, 0.3) is 0 Å². The van der Waals surface area contributed by atoms with E-state index >= 15 is 0 Å². The first-order valence-corrected chi connectivity index (χ1v) is 7.91. The van der Waals surface area contributed by atoms with Crippen molar-refractivity contribution in [2.24, 2.45) is 0 Å². The molecule has 0 aliphatic carbocycles. The van der Waals surface area contributed by atoms with Crippen LogP contribution in [0.4, 0.5) is 13.2 Å². The summed E-state index contributed by atoms with van der Waals surface area (Å²) in [6.45, 7) is 13.1. The minimum atomic E-state index is -4.27. The molecule has 134 valence electrons. The molecule has 0 bridgehead atoms. The third-order valence-corrected chi connectivity index (χ3v) is 2.33. The standard InChI is InChI=1S/C4H3F3N2.3C4H10.Sn.2H/c5-4(6,7)3-1-8-9-2-3;3*1-3-4-2;;;/h1-2H,(H,8,9);3*3-4H2,1-2H3;;;. The first-order chi connectivity index (χ1) is 9.85. The maximum atomic E-state index is 11.6. The quantitative estimate of drug-likeness (QED) is 0.591. The van der Waals surface area contributed by atoms with Crippen LogP contribution >= 0.6 is 0 Å². The maximum absolute atomic E-state index is 11.6. The molecule has 0 spiro atoms. The fourth-order valence-corrected chi connectivity index (χ4v) is 0.406.